The first-order valence-electron chi connectivity index (χ1n) is 3.00. The lowest BCUT2D eigenvalue weighted by Gasteiger charge is -2.20. The molecule has 4 heteroatoms. The second-order valence-electron chi connectivity index (χ2n) is 1.90. The Morgan fingerprint density at radius 3 is 2.90 bits per heavy atom. The molecule has 4 nitrogen and oxygen atoms in total. The van der Waals surface area contributed by atoms with Crippen LogP contribution in [0.25, 0.3) is 0 Å². The van der Waals surface area contributed by atoms with Crippen LogP contribution in [0.4, 0.5) is 0 Å². The molecule has 0 aromatic heterocycles. The van der Waals surface area contributed by atoms with Crippen molar-refractivity contribution in [2.45, 2.75) is 6.10 Å². The molecule has 10 heavy (non-hydrogen) atoms. The van der Waals surface area contributed by atoms with Gasteiger partial charge in [0.1, 0.15) is 7.11 Å². The van der Waals surface area contributed by atoms with Crippen LogP contribution in [0.3, 0.4) is 0 Å². The molecule has 57 valence electrons. The lowest BCUT2D eigenvalue weighted by atomic mass is 10.3. The molecule has 0 aliphatic carbocycles. The quantitative estimate of drug-likeness (QED) is 0.477. The SMILES string of the molecule is [CH2]OC(=O)C1COCCO1. The lowest BCUT2D eigenvalue weighted by molar-refractivity contribution is -0.165. The van der Waals surface area contributed by atoms with Gasteiger partial charge in [-0.1, -0.05) is 0 Å². The standard InChI is InChI=1S/C6H9O4/c1-8-6(7)5-4-9-2-3-10-5/h5H,1-4H2. The minimum atomic E-state index is -0.578. The van der Waals surface area contributed by atoms with Crippen molar-refractivity contribution in [1.29, 1.82) is 0 Å². The molecular formula is C6H9O4. The van der Waals surface area contributed by atoms with Gasteiger partial charge in [0.2, 0.25) is 0 Å². The zero-order valence-electron chi connectivity index (χ0n) is 5.54. The van der Waals surface area contributed by atoms with E-state index in [0.717, 1.165) is 0 Å². The van der Waals surface area contributed by atoms with Crippen molar-refractivity contribution >= 4 is 5.97 Å². The van der Waals surface area contributed by atoms with E-state index in [0.29, 0.717) is 13.2 Å². The third kappa shape index (κ3) is 1.68. The van der Waals surface area contributed by atoms with Gasteiger partial charge in [0, 0.05) is 0 Å². The van der Waals surface area contributed by atoms with Crippen LogP contribution in [0.1, 0.15) is 0 Å². The minimum Gasteiger partial charge on any atom is -0.460 e. The Morgan fingerprint density at radius 2 is 2.40 bits per heavy atom. The lowest BCUT2D eigenvalue weighted by Crippen LogP contribution is -2.35. The van der Waals surface area contributed by atoms with Crippen molar-refractivity contribution in [2.75, 3.05) is 19.8 Å². The van der Waals surface area contributed by atoms with Gasteiger partial charge in [-0.05, 0) is 0 Å². The highest BCUT2D eigenvalue weighted by Crippen LogP contribution is 2.01. The van der Waals surface area contributed by atoms with Crippen molar-refractivity contribution < 1.29 is 19.0 Å². The van der Waals surface area contributed by atoms with Gasteiger partial charge in [0.25, 0.3) is 0 Å². The van der Waals surface area contributed by atoms with Gasteiger partial charge in [0.15, 0.2) is 6.10 Å². The van der Waals surface area contributed by atoms with E-state index in [9.17, 15) is 4.79 Å². The molecule has 0 spiro atoms. The molecule has 1 unspecified atom stereocenters. The Labute approximate surface area is 59.1 Å². The second kappa shape index (κ2) is 3.53. The Hall–Kier alpha value is -0.610. The maximum absolute atomic E-state index is 10.7. The van der Waals surface area contributed by atoms with Gasteiger partial charge < -0.3 is 14.2 Å². The summed E-state index contributed by atoms with van der Waals surface area (Å²) in [5, 5.41) is 0. The zero-order valence-corrected chi connectivity index (χ0v) is 5.54. The zero-order chi connectivity index (χ0) is 7.40. The summed E-state index contributed by atoms with van der Waals surface area (Å²) < 4.78 is 14.1. The maximum atomic E-state index is 10.7. The van der Waals surface area contributed by atoms with Crippen LogP contribution in [-0.4, -0.2) is 31.9 Å². The van der Waals surface area contributed by atoms with Gasteiger partial charge in [-0.3, -0.25) is 0 Å². The highest BCUT2D eigenvalue weighted by Gasteiger charge is 2.22. The molecule has 1 radical (unpaired) electrons. The highest BCUT2D eigenvalue weighted by atomic mass is 16.6. The maximum Gasteiger partial charge on any atom is 0.337 e. The summed E-state index contributed by atoms with van der Waals surface area (Å²) in [6.07, 6.45) is -0.578. The highest BCUT2D eigenvalue weighted by molar-refractivity contribution is 5.75. The van der Waals surface area contributed by atoms with Crippen LogP contribution in [0.15, 0.2) is 0 Å². The summed E-state index contributed by atoms with van der Waals surface area (Å²) in [6.45, 7) is 1.26. The molecule has 1 aliphatic heterocycles. The third-order valence-corrected chi connectivity index (χ3v) is 1.22. The number of ether oxygens (including phenoxy) is 3. The molecule has 0 N–H and O–H groups in total. The second-order valence-corrected chi connectivity index (χ2v) is 1.90. The van der Waals surface area contributed by atoms with Crippen molar-refractivity contribution in [1.82, 2.24) is 0 Å². The molecule has 1 fully saturated rings. The van der Waals surface area contributed by atoms with Gasteiger partial charge in [-0.2, -0.15) is 0 Å². The number of esters is 1. The Morgan fingerprint density at radius 1 is 1.60 bits per heavy atom. The summed E-state index contributed by atoms with van der Waals surface area (Å²) in [5.41, 5.74) is 0. The van der Waals surface area contributed by atoms with Crippen molar-refractivity contribution in [3.8, 4) is 0 Å². The van der Waals surface area contributed by atoms with E-state index in [-0.39, 0.29) is 6.61 Å². The Bertz CT molecular complexity index is 117. The van der Waals surface area contributed by atoms with E-state index in [1.165, 1.54) is 0 Å². The van der Waals surface area contributed by atoms with Crippen LogP contribution in [-0.2, 0) is 19.0 Å². The molecule has 1 rings (SSSR count). The monoisotopic (exact) mass is 145 g/mol. The molecule has 0 amide bonds. The molecule has 0 aromatic rings. The summed E-state index contributed by atoms with van der Waals surface area (Å²) in [5.74, 6) is -0.472. The Balaban J connectivity index is 2.31. The largest absolute Gasteiger partial charge is 0.460 e. The van der Waals surface area contributed by atoms with Gasteiger partial charge in [-0.15, -0.1) is 0 Å². The van der Waals surface area contributed by atoms with E-state index in [1.807, 2.05) is 0 Å². The van der Waals surface area contributed by atoms with Gasteiger partial charge in [-0.25, -0.2) is 4.79 Å². The summed E-state index contributed by atoms with van der Waals surface area (Å²) in [6, 6.07) is 0. The fourth-order valence-electron chi connectivity index (χ4n) is 0.717. The molecule has 1 heterocycles. The summed E-state index contributed by atoms with van der Waals surface area (Å²) in [4.78, 5) is 10.7. The third-order valence-electron chi connectivity index (χ3n) is 1.22. The predicted octanol–water partition coefficient (Wildman–Crippen LogP) is -0.263. The first-order chi connectivity index (χ1) is 4.84. The average molecular weight is 145 g/mol. The van der Waals surface area contributed by atoms with Gasteiger partial charge in [0.05, 0.1) is 19.8 Å². The predicted molar refractivity (Wildman–Crippen MR) is 32.0 cm³/mol. The molecule has 0 bridgehead atoms. The molecule has 0 saturated carbocycles. The topological polar surface area (TPSA) is 44.8 Å². The van der Waals surface area contributed by atoms with E-state index in [4.69, 9.17) is 9.47 Å². The number of hydrogen-bond donors (Lipinski definition) is 0. The number of carbonyl (C=O) groups is 1. The van der Waals surface area contributed by atoms with E-state index >= 15 is 0 Å². The van der Waals surface area contributed by atoms with Crippen molar-refractivity contribution in [3.63, 3.8) is 0 Å². The fraction of sp³-hybridized carbons (Fsp3) is 0.667. The van der Waals surface area contributed by atoms with E-state index < -0.39 is 12.1 Å². The van der Waals surface area contributed by atoms with Crippen LogP contribution < -0.4 is 0 Å². The van der Waals surface area contributed by atoms with E-state index in [1.54, 1.807) is 0 Å². The fourth-order valence-corrected chi connectivity index (χ4v) is 0.717. The van der Waals surface area contributed by atoms with Crippen LogP contribution in [0, 0.1) is 7.11 Å². The normalized spacial score (nSPS) is 25.9. The van der Waals surface area contributed by atoms with E-state index in [2.05, 4.69) is 11.8 Å². The average Bonchev–Trinajstić information content (AvgIpc) is 2.05. The number of carbonyl (C=O) groups excluding carboxylic acids is 1. The van der Waals surface area contributed by atoms with Crippen LogP contribution in [0.2, 0.25) is 0 Å². The van der Waals surface area contributed by atoms with Gasteiger partial charge >= 0.3 is 5.97 Å². The molecule has 1 atom stereocenters. The molecule has 1 aliphatic rings. The van der Waals surface area contributed by atoms with Crippen molar-refractivity contribution in [2.24, 2.45) is 0 Å². The molecular weight excluding hydrogens is 136 g/mol. The molecule has 1 saturated heterocycles. The number of hydrogen-bond acceptors (Lipinski definition) is 4. The van der Waals surface area contributed by atoms with Crippen molar-refractivity contribution in [3.05, 3.63) is 7.11 Å². The first-order valence-corrected chi connectivity index (χ1v) is 3.00. The first kappa shape index (κ1) is 7.50. The summed E-state index contributed by atoms with van der Waals surface area (Å²) >= 11 is 0. The smallest absolute Gasteiger partial charge is 0.337 e. The Kier molecular flexibility index (Phi) is 2.65. The summed E-state index contributed by atoms with van der Waals surface area (Å²) in [7, 11) is 2.98. The van der Waals surface area contributed by atoms with Crippen LogP contribution >= 0.6 is 0 Å². The molecule has 0 aromatic carbocycles. The minimum absolute atomic E-state index is 0.272. The van der Waals surface area contributed by atoms with Crippen LogP contribution in [0.5, 0.6) is 0 Å². The number of rotatable bonds is 1.